The molecule has 0 saturated carbocycles. The Morgan fingerprint density at radius 1 is 1.24 bits per heavy atom. The van der Waals surface area contributed by atoms with Crippen LogP contribution in [0.2, 0.25) is 0 Å². The summed E-state index contributed by atoms with van der Waals surface area (Å²) in [4.78, 5) is 24.8. The summed E-state index contributed by atoms with van der Waals surface area (Å²) in [5.74, 6) is -0.0863. The number of furan rings is 1. The summed E-state index contributed by atoms with van der Waals surface area (Å²) in [5.41, 5.74) is 0.990. The molecular weight excluding hydrogens is 324 g/mol. The Morgan fingerprint density at radius 3 is 2.76 bits per heavy atom. The lowest BCUT2D eigenvalue weighted by Gasteiger charge is -2.07. The maximum absolute atomic E-state index is 12.4. The van der Waals surface area contributed by atoms with Gasteiger partial charge in [-0.05, 0) is 19.1 Å². The predicted octanol–water partition coefficient (Wildman–Crippen LogP) is 1.41. The molecule has 9 heteroatoms. The van der Waals surface area contributed by atoms with Gasteiger partial charge in [-0.2, -0.15) is 10.2 Å². The average Bonchev–Trinajstić information content (AvgIpc) is 3.34. The molecule has 130 valence electrons. The minimum atomic E-state index is -0.365. The molecule has 0 bridgehead atoms. The van der Waals surface area contributed by atoms with E-state index >= 15 is 0 Å². The summed E-state index contributed by atoms with van der Waals surface area (Å²) in [6.07, 6.45) is 6.09. The summed E-state index contributed by atoms with van der Waals surface area (Å²) < 4.78 is 8.23. The van der Waals surface area contributed by atoms with Gasteiger partial charge in [0.15, 0.2) is 0 Å². The first kappa shape index (κ1) is 16.5. The lowest BCUT2D eigenvalue weighted by Crippen LogP contribution is -2.26. The Balaban J connectivity index is 1.72. The normalized spacial score (nSPS) is 10.6. The Hall–Kier alpha value is -3.36. The topological polar surface area (TPSA) is 107 Å². The number of amides is 2. The number of anilines is 1. The summed E-state index contributed by atoms with van der Waals surface area (Å²) >= 11 is 0. The fourth-order valence-electron chi connectivity index (χ4n) is 2.31. The van der Waals surface area contributed by atoms with Crippen LogP contribution in [-0.4, -0.2) is 31.4 Å². The number of hydrogen-bond acceptors (Lipinski definition) is 5. The summed E-state index contributed by atoms with van der Waals surface area (Å²) in [5, 5.41) is 13.5. The van der Waals surface area contributed by atoms with Crippen molar-refractivity contribution >= 4 is 17.5 Å². The molecule has 0 saturated heterocycles. The molecule has 2 N–H and O–H groups in total. The third kappa shape index (κ3) is 3.60. The predicted molar refractivity (Wildman–Crippen MR) is 88.9 cm³/mol. The second kappa shape index (κ2) is 7.04. The van der Waals surface area contributed by atoms with E-state index in [0.717, 1.165) is 0 Å². The number of nitrogens with zero attached hydrogens (tertiary/aromatic N) is 4. The van der Waals surface area contributed by atoms with Gasteiger partial charge in [-0.3, -0.25) is 19.0 Å². The van der Waals surface area contributed by atoms with E-state index in [1.807, 2.05) is 6.92 Å². The zero-order valence-corrected chi connectivity index (χ0v) is 13.9. The van der Waals surface area contributed by atoms with Crippen LogP contribution in [0, 0.1) is 0 Å². The highest BCUT2D eigenvalue weighted by atomic mass is 16.3. The quantitative estimate of drug-likeness (QED) is 0.704. The van der Waals surface area contributed by atoms with E-state index in [1.165, 1.54) is 23.3 Å². The third-order valence-electron chi connectivity index (χ3n) is 3.62. The molecule has 0 aromatic carbocycles. The molecule has 0 aliphatic carbocycles. The van der Waals surface area contributed by atoms with Gasteiger partial charge < -0.3 is 15.1 Å². The molecule has 25 heavy (non-hydrogen) atoms. The van der Waals surface area contributed by atoms with Gasteiger partial charge in [-0.25, -0.2) is 0 Å². The van der Waals surface area contributed by atoms with Crippen LogP contribution in [0.25, 0.3) is 0 Å². The first-order chi connectivity index (χ1) is 12.1. The Morgan fingerprint density at radius 2 is 2.08 bits per heavy atom. The van der Waals surface area contributed by atoms with Gasteiger partial charge in [0.25, 0.3) is 11.8 Å². The van der Waals surface area contributed by atoms with Crippen molar-refractivity contribution < 1.29 is 14.0 Å². The molecule has 0 aliphatic heterocycles. The largest absolute Gasteiger partial charge is 0.467 e. The molecule has 0 atom stereocenters. The fourth-order valence-corrected chi connectivity index (χ4v) is 2.31. The number of aromatic nitrogens is 4. The first-order valence-electron chi connectivity index (χ1n) is 7.75. The van der Waals surface area contributed by atoms with Crippen LogP contribution in [0.4, 0.5) is 5.69 Å². The van der Waals surface area contributed by atoms with E-state index in [-0.39, 0.29) is 24.1 Å². The summed E-state index contributed by atoms with van der Waals surface area (Å²) in [6, 6.07) is 3.51. The molecule has 3 heterocycles. The van der Waals surface area contributed by atoms with E-state index in [9.17, 15) is 9.59 Å². The third-order valence-corrected chi connectivity index (χ3v) is 3.62. The summed E-state index contributed by atoms with van der Waals surface area (Å²) in [6.45, 7) is 2.84. The maximum Gasteiger partial charge on any atom is 0.272 e. The molecule has 0 unspecified atom stereocenters. The molecule has 0 fully saturated rings. The van der Waals surface area contributed by atoms with Crippen molar-refractivity contribution in [1.82, 2.24) is 24.9 Å². The molecule has 2 amide bonds. The first-order valence-corrected chi connectivity index (χ1v) is 7.75. The minimum Gasteiger partial charge on any atom is -0.467 e. The number of aryl methyl sites for hydroxylation is 2. The number of hydrogen-bond donors (Lipinski definition) is 2. The Bertz CT molecular complexity index is 878. The van der Waals surface area contributed by atoms with Gasteiger partial charge in [0.05, 0.1) is 36.5 Å². The molecule has 3 aromatic heterocycles. The zero-order valence-electron chi connectivity index (χ0n) is 13.9. The monoisotopic (exact) mass is 342 g/mol. The van der Waals surface area contributed by atoms with E-state index < -0.39 is 0 Å². The van der Waals surface area contributed by atoms with Crippen LogP contribution in [-0.2, 0) is 20.1 Å². The van der Waals surface area contributed by atoms with Gasteiger partial charge in [-0.15, -0.1) is 0 Å². The number of nitrogens with one attached hydrogen (secondary N) is 2. The van der Waals surface area contributed by atoms with Gasteiger partial charge in [-0.1, -0.05) is 0 Å². The molecule has 9 nitrogen and oxygen atoms in total. The fraction of sp³-hybridized carbons (Fsp3) is 0.250. The maximum atomic E-state index is 12.4. The van der Waals surface area contributed by atoms with Crippen LogP contribution in [0.3, 0.4) is 0 Å². The van der Waals surface area contributed by atoms with Crippen molar-refractivity contribution in [3.8, 4) is 0 Å². The van der Waals surface area contributed by atoms with Gasteiger partial charge in [0, 0.05) is 19.8 Å². The number of carbonyl (C=O) groups is 2. The Labute approximate surface area is 143 Å². The van der Waals surface area contributed by atoms with Gasteiger partial charge in [0.2, 0.25) is 0 Å². The number of carbonyl (C=O) groups excluding carboxylic acids is 2. The van der Waals surface area contributed by atoms with Crippen molar-refractivity contribution in [3.05, 3.63) is 54.0 Å². The molecule has 3 rings (SSSR count). The molecular formula is C16H18N6O3. The van der Waals surface area contributed by atoms with Crippen LogP contribution < -0.4 is 10.6 Å². The van der Waals surface area contributed by atoms with E-state index in [0.29, 0.717) is 23.6 Å². The van der Waals surface area contributed by atoms with Crippen LogP contribution in [0.5, 0.6) is 0 Å². The van der Waals surface area contributed by atoms with Crippen molar-refractivity contribution in [2.24, 2.45) is 7.05 Å². The second-order valence-electron chi connectivity index (χ2n) is 5.33. The Kier molecular flexibility index (Phi) is 4.64. The smallest absolute Gasteiger partial charge is 0.272 e. The van der Waals surface area contributed by atoms with Crippen LogP contribution >= 0.6 is 0 Å². The van der Waals surface area contributed by atoms with Crippen molar-refractivity contribution in [2.75, 3.05) is 5.32 Å². The van der Waals surface area contributed by atoms with E-state index in [4.69, 9.17) is 4.42 Å². The standard InChI is InChI=1S/C16H18N6O3/c1-3-22-10-11(7-19-22)15(23)20-13-9-18-21(2)14(13)16(24)17-8-12-5-4-6-25-12/h4-7,9-10H,3,8H2,1-2H3,(H,17,24)(H,20,23). The van der Waals surface area contributed by atoms with Crippen molar-refractivity contribution in [1.29, 1.82) is 0 Å². The van der Waals surface area contributed by atoms with Gasteiger partial charge in [0.1, 0.15) is 11.5 Å². The molecule has 0 spiro atoms. The lowest BCUT2D eigenvalue weighted by atomic mass is 10.3. The van der Waals surface area contributed by atoms with Crippen molar-refractivity contribution in [3.63, 3.8) is 0 Å². The highest BCUT2D eigenvalue weighted by Crippen LogP contribution is 2.16. The van der Waals surface area contributed by atoms with E-state index in [1.54, 1.807) is 30.1 Å². The zero-order chi connectivity index (χ0) is 17.8. The SMILES string of the molecule is CCn1cc(C(=O)Nc2cnn(C)c2C(=O)NCc2ccco2)cn1. The van der Waals surface area contributed by atoms with E-state index in [2.05, 4.69) is 20.8 Å². The number of rotatable bonds is 6. The molecule has 0 aliphatic rings. The van der Waals surface area contributed by atoms with Crippen LogP contribution in [0.1, 0.15) is 33.5 Å². The van der Waals surface area contributed by atoms with Gasteiger partial charge >= 0.3 is 0 Å². The summed E-state index contributed by atoms with van der Waals surface area (Å²) in [7, 11) is 1.63. The molecule has 0 radical (unpaired) electrons. The highest BCUT2D eigenvalue weighted by Gasteiger charge is 2.20. The lowest BCUT2D eigenvalue weighted by molar-refractivity contribution is 0.0939. The second-order valence-corrected chi connectivity index (χ2v) is 5.33. The van der Waals surface area contributed by atoms with Crippen molar-refractivity contribution in [2.45, 2.75) is 20.0 Å². The minimum absolute atomic E-state index is 0.244. The van der Waals surface area contributed by atoms with Crippen LogP contribution in [0.15, 0.2) is 41.4 Å². The average molecular weight is 342 g/mol. The highest BCUT2D eigenvalue weighted by molar-refractivity contribution is 6.08. The molecule has 3 aromatic rings.